The van der Waals surface area contributed by atoms with Crippen molar-refractivity contribution in [1.29, 1.82) is 0 Å². The van der Waals surface area contributed by atoms with E-state index in [2.05, 4.69) is 6.07 Å². The molecule has 3 heteroatoms. The number of rotatable bonds is 3. The van der Waals surface area contributed by atoms with Crippen LogP contribution in [0.5, 0.6) is 0 Å². The maximum atomic E-state index is 5.82. The van der Waals surface area contributed by atoms with Crippen LogP contribution in [0.1, 0.15) is 31.8 Å². The van der Waals surface area contributed by atoms with Gasteiger partial charge in [0.05, 0.1) is 5.60 Å². The lowest BCUT2D eigenvalue weighted by molar-refractivity contribution is -0.0557. The van der Waals surface area contributed by atoms with E-state index in [0.29, 0.717) is 6.54 Å². The van der Waals surface area contributed by atoms with E-state index in [1.165, 1.54) is 4.88 Å². The Bertz CT molecular complexity index is 238. The summed E-state index contributed by atoms with van der Waals surface area (Å²) in [6.07, 6.45) is 0.0417. The van der Waals surface area contributed by atoms with Crippen LogP contribution in [-0.2, 0) is 4.74 Å². The molecule has 0 aromatic carbocycles. The first kappa shape index (κ1) is 10.7. The van der Waals surface area contributed by atoms with Crippen LogP contribution in [0.25, 0.3) is 0 Å². The lowest BCUT2D eigenvalue weighted by Gasteiger charge is -2.25. The maximum absolute atomic E-state index is 5.82. The summed E-state index contributed by atoms with van der Waals surface area (Å²) in [5, 5.41) is 2.05. The number of thiophene rings is 1. The second kappa shape index (κ2) is 4.22. The first-order valence-electron chi connectivity index (χ1n) is 4.44. The molecule has 0 aliphatic carbocycles. The zero-order valence-corrected chi connectivity index (χ0v) is 9.23. The molecule has 74 valence electrons. The molecule has 1 atom stereocenters. The van der Waals surface area contributed by atoms with Crippen molar-refractivity contribution in [2.45, 2.75) is 32.5 Å². The molecular formula is C10H17NOS. The Morgan fingerprint density at radius 3 is 2.62 bits per heavy atom. The van der Waals surface area contributed by atoms with Gasteiger partial charge in [0.15, 0.2) is 0 Å². The van der Waals surface area contributed by atoms with Crippen LogP contribution >= 0.6 is 11.3 Å². The number of hydrogen-bond acceptors (Lipinski definition) is 3. The molecule has 2 N–H and O–H groups in total. The first-order chi connectivity index (χ1) is 6.03. The minimum Gasteiger partial charge on any atom is -0.366 e. The van der Waals surface area contributed by atoms with E-state index in [9.17, 15) is 0 Å². The molecule has 0 saturated carbocycles. The van der Waals surface area contributed by atoms with Crippen molar-refractivity contribution in [2.24, 2.45) is 5.73 Å². The summed E-state index contributed by atoms with van der Waals surface area (Å²) in [5.74, 6) is 0. The van der Waals surface area contributed by atoms with Gasteiger partial charge in [-0.1, -0.05) is 6.07 Å². The van der Waals surface area contributed by atoms with Crippen LogP contribution in [0.2, 0.25) is 0 Å². The third kappa shape index (κ3) is 3.46. The SMILES string of the molecule is CC(C)(C)OC(CN)c1cccs1. The molecule has 1 rings (SSSR count). The van der Waals surface area contributed by atoms with Crippen molar-refractivity contribution >= 4 is 11.3 Å². The molecule has 0 spiro atoms. The molecule has 1 aromatic heterocycles. The van der Waals surface area contributed by atoms with E-state index in [1.807, 2.05) is 32.2 Å². The number of nitrogens with two attached hydrogens (primary N) is 1. The van der Waals surface area contributed by atoms with Crippen LogP contribution in [0.3, 0.4) is 0 Å². The number of hydrogen-bond donors (Lipinski definition) is 1. The van der Waals surface area contributed by atoms with E-state index in [0.717, 1.165) is 0 Å². The van der Waals surface area contributed by atoms with Gasteiger partial charge in [0.25, 0.3) is 0 Å². The molecule has 0 aliphatic heterocycles. The van der Waals surface area contributed by atoms with Crippen molar-refractivity contribution in [2.75, 3.05) is 6.54 Å². The number of ether oxygens (including phenoxy) is 1. The summed E-state index contributed by atoms with van der Waals surface area (Å²) in [6, 6.07) is 4.09. The predicted molar refractivity (Wildman–Crippen MR) is 57.0 cm³/mol. The second-order valence-electron chi connectivity index (χ2n) is 3.97. The van der Waals surface area contributed by atoms with Gasteiger partial charge in [-0.2, -0.15) is 0 Å². The van der Waals surface area contributed by atoms with E-state index < -0.39 is 0 Å². The highest BCUT2D eigenvalue weighted by molar-refractivity contribution is 7.10. The van der Waals surface area contributed by atoms with Gasteiger partial charge in [-0.3, -0.25) is 0 Å². The lowest BCUT2D eigenvalue weighted by atomic mass is 10.1. The quantitative estimate of drug-likeness (QED) is 0.812. The molecule has 0 radical (unpaired) electrons. The van der Waals surface area contributed by atoms with Crippen molar-refractivity contribution < 1.29 is 4.74 Å². The Kier molecular flexibility index (Phi) is 3.47. The van der Waals surface area contributed by atoms with Gasteiger partial charge in [-0.25, -0.2) is 0 Å². The fraction of sp³-hybridized carbons (Fsp3) is 0.600. The minimum absolute atomic E-state index is 0.0417. The van der Waals surface area contributed by atoms with Gasteiger partial charge in [-0.15, -0.1) is 11.3 Å². The Morgan fingerprint density at radius 2 is 2.23 bits per heavy atom. The van der Waals surface area contributed by atoms with Crippen LogP contribution in [-0.4, -0.2) is 12.1 Å². The van der Waals surface area contributed by atoms with Crippen molar-refractivity contribution in [3.63, 3.8) is 0 Å². The zero-order chi connectivity index (χ0) is 9.90. The van der Waals surface area contributed by atoms with Gasteiger partial charge in [0.2, 0.25) is 0 Å². The van der Waals surface area contributed by atoms with Crippen molar-refractivity contribution in [3.8, 4) is 0 Å². The molecule has 0 amide bonds. The highest BCUT2D eigenvalue weighted by Gasteiger charge is 2.19. The molecule has 2 nitrogen and oxygen atoms in total. The highest BCUT2D eigenvalue weighted by Crippen LogP contribution is 2.26. The summed E-state index contributed by atoms with van der Waals surface area (Å²) < 4.78 is 5.82. The normalized spacial score (nSPS) is 14.5. The molecular weight excluding hydrogens is 182 g/mol. The smallest absolute Gasteiger partial charge is 0.104 e. The Balaban J connectivity index is 2.64. The van der Waals surface area contributed by atoms with Crippen LogP contribution in [0.15, 0.2) is 17.5 Å². The van der Waals surface area contributed by atoms with E-state index in [-0.39, 0.29) is 11.7 Å². The van der Waals surface area contributed by atoms with Crippen LogP contribution < -0.4 is 5.73 Å². The zero-order valence-electron chi connectivity index (χ0n) is 8.41. The molecule has 1 heterocycles. The fourth-order valence-corrected chi connectivity index (χ4v) is 1.89. The third-order valence-corrected chi connectivity index (χ3v) is 2.53. The standard InChI is InChI=1S/C10H17NOS/c1-10(2,3)12-8(7-11)9-5-4-6-13-9/h4-6,8H,7,11H2,1-3H3. The molecule has 13 heavy (non-hydrogen) atoms. The monoisotopic (exact) mass is 199 g/mol. The molecule has 0 fully saturated rings. The average molecular weight is 199 g/mol. The highest BCUT2D eigenvalue weighted by atomic mass is 32.1. The summed E-state index contributed by atoms with van der Waals surface area (Å²) in [6.45, 7) is 6.67. The predicted octanol–water partition coefficient (Wildman–Crippen LogP) is 2.56. The summed E-state index contributed by atoms with van der Waals surface area (Å²) in [7, 11) is 0. The van der Waals surface area contributed by atoms with Gasteiger partial charge in [0, 0.05) is 11.4 Å². The molecule has 0 bridgehead atoms. The fourth-order valence-electron chi connectivity index (χ4n) is 1.12. The van der Waals surface area contributed by atoms with E-state index in [1.54, 1.807) is 11.3 Å². The van der Waals surface area contributed by atoms with Crippen LogP contribution in [0.4, 0.5) is 0 Å². The van der Waals surface area contributed by atoms with Crippen molar-refractivity contribution in [3.05, 3.63) is 22.4 Å². The Labute approximate surface area is 83.7 Å². The van der Waals surface area contributed by atoms with Gasteiger partial charge in [-0.05, 0) is 32.2 Å². The van der Waals surface area contributed by atoms with Gasteiger partial charge >= 0.3 is 0 Å². The second-order valence-corrected chi connectivity index (χ2v) is 4.95. The summed E-state index contributed by atoms with van der Waals surface area (Å²) in [5.41, 5.74) is 5.52. The lowest BCUT2D eigenvalue weighted by Crippen LogP contribution is -2.26. The van der Waals surface area contributed by atoms with Crippen molar-refractivity contribution in [1.82, 2.24) is 0 Å². The molecule has 0 aliphatic rings. The summed E-state index contributed by atoms with van der Waals surface area (Å²) in [4.78, 5) is 1.21. The topological polar surface area (TPSA) is 35.2 Å². The van der Waals surface area contributed by atoms with E-state index >= 15 is 0 Å². The third-order valence-electron chi connectivity index (χ3n) is 1.57. The Morgan fingerprint density at radius 1 is 1.54 bits per heavy atom. The van der Waals surface area contributed by atoms with E-state index in [4.69, 9.17) is 10.5 Å². The molecule has 1 unspecified atom stereocenters. The van der Waals surface area contributed by atoms with Gasteiger partial charge < -0.3 is 10.5 Å². The Hall–Kier alpha value is -0.380. The molecule has 0 saturated heterocycles. The van der Waals surface area contributed by atoms with Crippen LogP contribution in [0, 0.1) is 0 Å². The largest absolute Gasteiger partial charge is 0.366 e. The first-order valence-corrected chi connectivity index (χ1v) is 5.32. The molecule has 1 aromatic rings. The minimum atomic E-state index is -0.131. The maximum Gasteiger partial charge on any atom is 0.104 e. The van der Waals surface area contributed by atoms with Gasteiger partial charge in [0.1, 0.15) is 6.10 Å². The average Bonchev–Trinajstić information content (AvgIpc) is 2.50. The summed E-state index contributed by atoms with van der Waals surface area (Å²) >= 11 is 1.69.